The highest BCUT2D eigenvalue weighted by atomic mass is 79.9. The van der Waals surface area contributed by atoms with Crippen LogP contribution in [0.5, 0.6) is 0 Å². The minimum Gasteiger partial charge on any atom is -0.370 e. The predicted octanol–water partition coefficient (Wildman–Crippen LogP) is 2.19. The molecule has 1 N–H and O–H groups in total. The van der Waals surface area contributed by atoms with Crippen LogP contribution in [0.15, 0.2) is 28.7 Å². The van der Waals surface area contributed by atoms with Gasteiger partial charge >= 0.3 is 0 Å². The second kappa shape index (κ2) is 6.13. The van der Waals surface area contributed by atoms with E-state index in [1.807, 2.05) is 6.07 Å². The van der Waals surface area contributed by atoms with Gasteiger partial charge < -0.3 is 4.74 Å². The van der Waals surface area contributed by atoms with Crippen molar-refractivity contribution < 1.29 is 4.74 Å². The summed E-state index contributed by atoms with van der Waals surface area (Å²) < 4.78 is 6.02. The van der Waals surface area contributed by atoms with Gasteiger partial charge in [-0.15, -0.1) is 0 Å². The van der Waals surface area contributed by atoms with Crippen molar-refractivity contribution in [3.63, 3.8) is 0 Å². The largest absolute Gasteiger partial charge is 0.370 e. The van der Waals surface area contributed by atoms with Crippen LogP contribution >= 0.6 is 15.9 Å². The van der Waals surface area contributed by atoms with Crippen LogP contribution in [0.25, 0.3) is 0 Å². The normalized spacial score (nSPS) is 10.3. The lowest BCUT2D eigenvalue weighted by molar-refractivity contribution is 0.176. The van der Waals surface area contributed by atoms with Crippen molar-refractivity contribution in [1.82, 2.24) is 5.32 Å². The number of methoxy groups -OCH3 is 1. The average Bonchev–Trinajstić information content (AvgIpc) is 2.13. The van der Waals surface area contributed by atoms with E-state index in [2.05, 4.69) is 39.4 Å². The molecule has 0 spiro atoms. The van der Waals surface area contributed by atoms with Gasteiger partial charge in [-0.05, 0) is 24.1 Å². The maximum atomic E-state index is 4.88. The summed E-state index contributed by atoms with van der Waals surface area (Å²) in [5, 5.41) is 3.17. The molecule has 1 rings (SSSR count). The van der Waals surface area contributed by atoms with E-state index in [4.69, 9.17) is 4.74 Å². The maximum absolute atomic E-state index is 4.88. The van der Waals surface area contributed by atoms with Gasteiger partial charge in [0.05, 0.1) is 6.73 Å². The Labute approximate surface area is 87.4 Å². The number of hydrogen-bond donors (Lipinski definition) is 1. The summed E-state index contributed by atoms with van der Waals surface area (Å²) in [6.45, 7) is 1.57. The first-order valence-corrected chi connectivity index (χ1v) is 5.06. The van der Waals surface area contributed by atoms with E-state index in [0.717, 1.165) is 17.4 Å². The fourth-order valence-electron chi connectivity index (χ4n) is 1.10. The Morgan fingerprint density at radius 1 is 1.46 bits per heavy atom. The van der Waals surface area contributed by atoms with Crippen molar-refractivity contribution in [1.29, 1.82) is 0 Å². The van der Waals surface area contributed by atoms with Gasteiger partial charge in [-0.2, -0.15) is 0 Å². The van der Waals surface area contributed by atoms with Crippen LogP contribution < -0.4 is 5.32 Å². The molecule has 0 radical (unpaired) electrons. The van der Waals surface area contributed by atoms with E-state index in [0.29, 0.717) is 6.73 Å². The van der Waals surface area contributed by atoms with Crippen LogP contribution in [0.3, 0.4) is 0 Å². The number of rotatable bonds is 5. The molecular weight excluding hydrogens is 230 g/mol. The molecule has 0 aliphatic rings. The predicted molar refractivity (Wildman–Crippen MR) is 57.7 cm³/mol. The van der Waals surface area contributed by atoms with E-state index in [1.165, 1.54) is 5.56 Å². The Morgan fingerprint density at radius 3 is 3.00 bits per heavy atom. The number of ether oxygens (including phenoxy) is 1. The molecule has 0 aliphatic heterocycles. The Morgan fingerprint density at radius 2 is 2.31 bits per heavy atom. The average molecular weight is 244 g/mol. The summed E-state index contributed by atoms with van der Waals surface area (Å²) in [6.07, 6.45) is 1.03. The molecule has 0 amide bonds. The first-order chi connectivity index (χ1) is 6.33. The van der Waals surface area contributed by atoms with Gasteiger partial charge in [0.15, 0.2) is 0 Å². The van der Waals surface area contributed by atoms with Crippen molar-refractivity contribution in [2.45, 2.75) is 6.42 Å². The molecule has 0 saturated carbocycles. The molecule has 1 aromatic carbocycles. The van der Waals surface area contributed by atoms with Crippen LogP contribution in [-0.2, 0) is 11.2 Å². The molecule has 0 unspecified atom stereocenters. The summed E-state index contributed by atoms with van der Waals surface area (Å²) in [7, 11) is 1.69. The molecular formula is C10H14BrNO. The SMILES string of the molecule is COCNCCc1cccc(Br)c1. The third-order valence-corrected chi connectivity index (χ3v) is 2.22. The van der Waals surface area contributed by atoms with E-state index in [-0.39, 0.29) is 0 Å². The lowest BCUT2D eigenvalue weighted by Crippen LogP contribution is -2.19. The molecule has 1 aromatic rings. The van der Waals surface area contributed by atoms with Crippen LogP contribution in [0.2, 0.25) is 0 Å². The van der Waals surface area contributed by atoms with Gasteiger partial charge in [0, 0.05) is 18.1 Å². The molecule has 0 fully saturated rings. The van der Waals surface area contributed by atoms with Crippen molar-refractivity contribution in [2.24, 2.45) is 0 Å². The maximum Gasteiger partial charge on any atom is 0.0961 e. The van der Waals surface area contributed by atoms with Crippen molar-refractivity contribution in [3.8, 4) is 0 Å². The summed E-state index contributed by atoms with van der Waals surface area (Å²) in [6, 6.07) is 8.34. The Hall–Kier alpha value is -0.380. The standard InChI is InChI=1S/C10H14BrNO/c1-13-8-12-6-5-9-3-2-4-10(11)7-9/h2-4,7,12H,5-6,8H2,1H3. The van der Waals surface area contributed by atoms with E-state index in [1.54, 1.807) is 7.11 Å². The zero-order valence-electron chi connectivity index (χ0n) is 7.72. The third-order valence-electron chi connectivity index (χ3n) is 1.73. The smallest absolute Gasteiger partial charge is 0.0961 e. The molecule has 0 aromatic heterocycles. The van der Waals surface area contributed by atoms with Gasteiger partial charge in [-0.25, -0.2) is 0 Å². The van der Waals surface area contributed by atoms with Gasteiger partial charge in [0.2, 0.25) is 0 Å². The second-order valence-electron chi connectivity index (χ2n) is 2.81. The number of benzene rings is 1. The lowest BCUT2D eigenvalue weighted by Gasteiger charge is -2.03. The monoisotopic (exact) mass is 243 g/mol. The molecule has 0 bridgehead atoms. The minimum absolute atomic E-state index is 0.619. The third kappa shape index (κ3) is 4.41. The zero-order chi connectivity index (χ0) is 9.52. The van der Waals surface area contributed by atoms with Gasteiger partial charge in [-0.3, -0.25) is 5.32 Å². The van der Waals surface area contributed by atoms with Crippen LogP contribution in [-0.4, -0.2) is 20.4 Å². The molecule has 2 nitrogen and oxygen atoms in total. The molecule has 0 heterocycles. The van der Waals surface area contributed by atoms with E-state index < -0.39 is 0 Å². The van der Waals surface area contributed by atoms with Gasteiger partial charge in [0.25, 0.3) is 0 Å². The van der Waals surface area contributed by atoms with Crippen LogP contribution in [0, 0.1) is 0 Å². The summed E-state index contributed by atoms with van der Waals surface area (Å²) >= 11 is 3.44. The lowest BCUT2D eigenvalue weighted by atomic mass is 10.1. The molecule has 0 saturated heterocycles. The highest BCUT2D eigenvalue weighted by Gasteiger charge is 1.93. The second-order valence-corrected chi connectivity index (χ2v) is 3.73. The van der Waals surface area contributed by atoms with Crippen LogP contribution in [0.1, 0.15) is 5.56 Å². The van der Waals surface area contributed by atoms with Crippen molar-refractivity contribution in [3.05, 3.63) is 34.3 Å². The molecule has 0 atom stereocenters. The van der Waals surface area contributed by atoms with Crippen molar-refractivity contribution in [2.75, 3.05) is 20.4 Å². The Kier molecular flexibility index (Phi) is 5.05. The summed E-state index contributed by atoms with van der Waals surface area (Å²) in [5.41, 5.74) is 1.33. The van der Waals surface area contributed by atoms with Crippen LogP contribution in [0.4, 0.5) is 0 Å². The highest BCUT2D eigenvalue weighted by Crippen LogP contribution is 2.11. The minimum atomic E-state index is 0.619. The zero-order valence-corrected chi connectivity index (χ0v) is 9.30. The first kappa shape index (κ1) is 10.7. The Bertz CT molecular complexity index is 252. The molecule has 13 heavy (non-hydrogen) atoms. The van der Waals surface area contributed by atoms with Gasteiger partial charge in [-0.1, -0.05) is 28.1 Å². The highest BCUT2D eigenvalue weighted by molar-refractivity contribution is 9.10. The summed E-state index contributed by atoms with van der Waals surface area (Å²) in [5.74, 6) is 0. The fourth-order valence-corrected chi connectivity index (χ4v) is 1.55. The van der Waals surface area contributed by atoms with Gasteiger partial charge in [0.1, 0.15) is 0 Å². The van der Waals surface area contributed by atoms with Crippen molar-refractivity contribution >= 4 is 15.9 Å². The molecule has 72 valence electrons. The topological polar surface area (TPSA) is 21.3 Å². The Balaban J connectivity index is 2.28. The fraction of sp³-hybridized carbons (Fsp3) is 0.400. The molecule has 0 aliphatic carbocycles. The van der Waals surface area contributed by atoms with E-state index >= 15 is 0 Å². The molecule has 3 heteroatoms. The number of hydrogen-bond acceptors (Lipinski definition) is 2. The van der Waals surface area contributed by atoms with E-state index in [9.17, 15) is 0 Å². The number of nitrogens with one attached hydrogen (secondary N) is 1. The quantitative estimate of drug-likeness (QED) is 0.633. The number of halogens is 1. The first-order valence-electron chi connectivity index (χ1n) is 4.27. The summed E-state index contributed by atoms with van der Waals surface area (Å²) in [4.78, 5) is 0.